The van der Waals surface area contributed by atoms with Gasteiger partial charge in [0, 0.05) is 6.42 Å². The molecule has 0 heterocycles. The summed E-state index contributed by atoms with van der Waals surface area (Å²) in [6.45, 7) is 3.83. The van der Waals surface area contributed by atoms with Gasteiger partial charge < -0.3 is 9.53 Å². The third-order valence-corrected chi connectivity index (χ3v) is 3.02. The highest BCUT2D eigenvalue weighted by atomic mass is 16.5. The van der Waals surface area contributed by atoms with Gasteiger partial charge in [-0.3, -0.25) is 0 Å². The van der Waals surface area contributed by atoms with Crippen LogP contribution in [-0.4, -0.2) is 12.9 Å². The molecule has 1 aromatic carbocycles. The molecular weight excluding hydrogens is 212 g/mol. The van der Waals surface area contributed by atoms with Crippen molar-refractivity contribution < 1.29 is 9.53 Å². The van der Waals surface area contributed by atoms with Crippen molar-refractivity contribution >= 4 is 5.78 Å². The van der Waals surface area contributed by atoms with E-state index in [2.05, 4.69) is 13.0 Å². The van der Waals surface area contributed by atoms with Crippen molar-refractivity contribution in [3.05, 3.63) is 29.8 Å². The monoisotopic (exact) mass is 234 g/mol. The molecule has 0 amide bonds. The Morgan fingerprint density at radius 2 is 2.06 bits per heavy atom. The molecule has 1 rings (SSSR count). The lowest BCUT2D eigenvalue weighted by Gasteiger charge is -2.18. The fourth-order valence-corrected chi connectivity index (χ4v) is 2.17. The molecule has 0 aromatic heterocycles. The standard InChI is InChI=1S/C15H22O2/c1-4-5-8-13(11-12(2)16)14-9-6-7-10-15(14)17-3/h6-7,9-10,13H,4-5,8,11H2,1-3H3/t13-/m1/s1. The number of ketones is 1. The Bertz CT molecular complexity index is 358. The number of para-hydroxylation sites is 1. The van der Waals surface area contributed by atoms with E-state index in [4.69, 9.17) is 4.74 Å². The van der Waals surface area contributed by atoms with E-state index in [-0.39, 0.29) is 5.78 Å². The maximum atomic E-state index is 11.3. The van der Waals surface area contributed by atoms with Crippen molar-refractivity contribution in [3.63, 3.8) is 0 Å². The van der Waals surface area contributed by atoms with Crippen LogP contribution in [-0.2, 0) is 4.79 Å². The number of carbonyl (C=O) groups excluding carboxylic acids is 1. The van der Waals surface area contributed by atoms with E-state index in [1.54, 1.807) is 14.0 Å². The maximum absolute atomic E-state index is 11.3. The van der Waals surface area contributed by atoms with E-state index in [0.717, 1.165) is 25.0 Å². The van der Waals surface area contributed by atoms with Crippen LogP contribution in [0.1, 0.15) is 51.0 Å². The number of rotatable bonds is 7. The number of carbonyl (C=O) groups is 1. The van der Waals surface area contributed by atoms with Crippen molar-refractivity contribution in [3.8, 4) is 5.75 Å². The summed E-state index contributed by atoms with van der Waals surface area (Å²) in [6.07, 6.45) is 3.97. The summed E-state index contributed by atoms with van der Waals surface area (Å²) in [4.78, 5) is 11.3. The predicted octanol–water partition coefficient (Wildman–Crippen LogP) is 3.95. The largest absolute Gasteiger partial charge is 0.496 e. The summed E-state index contributed by atoms with van der Waals surface area (Å²) >= 11 is 0. The van der Waals surface area contributed by atoms with Crippen LogP contribution in [0.3, 0.4) is 0 Å². The zero-order valence-corrected chi connectivity index (χ0v) is 11.0. The highest BCUT2D eigenvalue weighted by Gasteiger charge is 2.17. The van der Waals surface area contributed by atoms with Crippen molar-refractivity contribution in [1.82, 2.24) is 0 Å². The second kappa shape index (κ2) is 7.10. The van der Waals surface area contributed by atoms with Gasteiger partial charge >= 0.3 is 0 Å². The molecule has 17 heavy (non-hydrogen) atoms. The zero-order chi connectivity index (χ0) is 12.7. The molecular formula is C15H22O2. The molecule has 2 nitrogen and oxygen atoms in total. The molecule has 1 aromatic rings. The quantitative estimate of drug-likeness (QED) is 0.714. The highest BCUT2D eigenvalue weighted by Crippen LogP contribution is 2.32. The van der Waals surface area contributed by atoms with Crippen molar-refractivity contribution in [2.75, 3.05) is 7.11 Å². The Morgan fingerprint density at radius 3 is 2.65 bits per heavy atom. The average molecular weight is 234 g/mol. The van der Waals surface area contributed by atoms with Crippen LogP contribution in [0.25, 0.3) is 0 Å². The minimum atomic E-state index is 0.247. The first-order valence-electron chi connectivity index (χ1n) is 6.31. The zero-order valence-electron chi connectivity index (χ0n) is 11.0. The highest BCUT2D eigenvalue weighted by molar-refractivity contribution is 5.76. The van der Waals surface area contributed by atoms with E-state index in [9.17, 15) is 4.79 Å². The number of hydrogen-bond acceptors (Lipinski definition) is 2. The van der Waals surface area contributed by atoms with Gasteiger partial charge in [-0.2, -0.15) is 0 Å². The Kier molecular flexibility index (Phi) is 5.75. The van der Waals surface area contributed by atoms with Crippen LogP contribution < -0.4 is 4.74 Å². The van der Waals surface area contributed by atoms with Crippen LogP contribution >= 0.6 is 0 Å². The summed E-state index contributed by atoms with van der Waals surface area (Å²) in [5, 5.41) is 0. The third-order valence-electron chi connectivity index (χ3n) is 3.02. The average Bonchev–Trinajstić information content (AvgIpc) is 2.34. The second-order valence-electron chi connectivity index (χ2n) is 4.49. The molecule has 0 aliphatic carbocycles. The Morgan fingerprint density at radius 1 is 1.35 bits per heavy atom. The first kappa shape index (κ1) is 13.8. The lowest BCUT2D eigenvalue weighted by molar-refractivity contribution is -0.117. The van der Waals surface area contributed by atoms with Gasteiger partial charge in [-0.25, -0.2) is 0 Å². The first-order chi connectivity index (χ1) is 8.19. The third kappa shape index (κ3) is 4.22. The summed E-state index contributed by atoms with van der Waals surface area (Å²) in [6, 6.07) is 8.01. The van der Waals surface area contributed by atoms with Crippen LogP contribution in [0.15, 0.2) is 24.3 Å². The van der Waals surface area contributed by atoms with Gasteiger partial charge in [0.15, 0.2) is 0 Å². The van der Waals surface area contributed by atoms with Crippen molar-refractivity contribution in [2.45, 2.75) is 45.4 Å². The lowest BCUT2D eigenvalue weighted by Crippen LogP contribution is -2.06. The molecule has 0 radical (unpaired) electrons. The van der Waals surface area contributed by atoms with Crippen molar-refractivity contribution in [1.29, 1.82) is 0 Å². The molecule has 0 bridgehead atoms. The van der Waals surface area contributed by atoms with E-state index >= 15 is 0 Å². The minimum absolute atomic E-state index is 0.247. The van der Waals surface area contributed by atoms with Gasteiger partial charge in [-0.05, 0) is 30.9 Å². The molecule has 0 spiro atoms. The molecule has 1 atom stereocenters. The van der Waals surface area contributed by atoms with E-state index in [1.165, 1.54) is 5.56 Å². The predicted molar refractivity (Wildman–Crippen MR) is 70.6 cm³/mol. The van der Waals surface area contributed by atoms with Crippen molar-refractivity contribution in [2.24, 2.45) is 0 Å². The number of ether oxygens (including phenoxy) is 1. The Balaban J connectivity index is 2.90. The topological polar surface area (TPSA) is 26.3 Å². The van der Waals surface area contributed by atoms with Gasteiger partial charge in [0.25, 0.3) is 0 Å². The molecule has 0 unspecified atom stereocenters. The number of unbranched alkanes of at least 4 members (excludes halogenated alkanes) is 1. The molecule has 0 N–H and O–H groups in total. The fraction of sp³-hybridized carbons (Fsp3) is 0.533. The van der Waals surface area contributed by atoms with E-state index in [0.29, 0.717) is 12.3 Å². The van der Waals surface area contributed by atoms with Crippen LogP contribution in [0.5, 0.6) is 5.75 Å². The van der Waals surface area contributed by atoms with Crippen LogP contribution in [0.4, 0.5) is 0 Å². The normalized spacial score (nSPS) is 12.2. The number of Topliss-reactive ketones (excluding diaryl/α,β-unsaturated/α-hetero) is 1. The summed E-state index contributed by atoms with van der Waals surface area (Å²) < 4.78 is 5.38. The van der Waals surface area contributed by atoms with Crippen LogP contribution in [0, 0.1) is 0 Å². The van der Waals surface area contributed by atoms with Gasteiger partial charge in [0.1, 0.15) is 11.5 Å². The van der Waals surface area contributed by atoms with Gasteiger partial charge in [-0.1, -0.05) is 38.0 Å². The van der Waals surface area contributed by atoms with Gasteiger partial charge in [-0.15, -0.1) is 0 Å². The van der Waals surface area contributed by atoms with Crippen LogP contribution in [0.2, 0.25) is 0 Å². The molecule has 0 aliphatic heterocycles. The molecule has 0 saturated carbocycles. The second-order valence-corrected chi connectivity index (χ2v) is 4.49. The molecule has 0 fully saturated rings. The van der Waals surface area contributed by atoms with E-state index < -0.39 is 0 Å². The number of hydrogen-bond donors (Lipinski definition) is 0. The first-order valence-corrected chi connectivity index (χ1v) is 6.31. The van der Waals surface area contributed by atoms with E-state index in [1.807, 2.05) is 18.2 Å². The number of benzene rings is 1. The Labute approximate surface area is 104 Å². The Hall–Kier alpha value is -1.31. The summed E-state index contributed by atoms with van der Waals surface area (Å²) in [5.41, 5.74) is 1.17. The maximum Gasteiger partial charge on any atom is 0.130 e. The summed E-state index contributed by atoms with van der Waals surface area (Å²) in [5.74, 6) is 1.44. The summed E-state index contributed by atoms with van der Waals surface area (Å²) in [7, 11) is 1.68. The fourth-order valence-electron chi connectivity index (χ4n) is 2.17. The van der Waals surface area contributed by atoms with Gasteiger partial charge in [0.2, 0.25) is 0 Å². The number of methoxy groups -OCH3 is 1. The smallest absolute Gasteiger partial charge is 0.130 e. The molecule has 94 valence electrons. The molecule has 0 saturated heterocycles. The lowest BCUT2D eigenvalue weighted by atomic mass is 9.89. The SMILES string of the molecule is CCCC[C@H](CC(C)=O)c1ccccc1OC. The van der Waals surface area contributed by atoms with Gasteiger partial charge in [0.05, 0.1) is 7.11 Å². The molecule has 2 heteroatoms. The molecule has 0 aliphatic rings. The minimum Gasteiger partial charge on any atom is -0.496 e.